The molecule has 1 fully saturated rings. The first-order valence-corrected chi connectivity index (χ1v) is 11.8. The molecule has 9 heteroatoms. The number of aliphatic hydroxyl groups excluding tert-OH is 1. The molecule has 1 aliphatic rings. The van der Waals surface area contributed by atoms with Gasteiger partial charge in [0.2, 0.25) is 0 Å². The number of hydrogen-bond donors (Lipinski definition) is 1. The lowest BCUT2D eigenvalue weighted by Crippen LogP contribution is -2.38. The van der Waals surface area contributed by atoms with Gasteiger partial charge in [0, 0.05) is 20.0 Å². The second-order valence-electron chi connectivity index (χ2n) is 8.25. The molecule has 3 rings (SSSR count). The number of nitrogens with zero attached hydrogens (tertiary/aromatic N) is 2. The summed E-state index contributed by atoms with van der Waals surface area (Å²) in [6.07, 6.45) is 0. The lowest BCUT2D eigenvalue weighted by molar-refractivity contribution is -0.140. The van der Waals surface area contributed by atoms with Gasteiger partial charge >= 0.3 is 5.97 Å². The molecular formula is C27H32N2O7. The van der Waals surface area contributed by atoms with Crippen molar-refractivity contribution in [3.8, 4) is 17.2 Å². The summed E-state index contributed by atoms with van der Waals surface area (Å²) in [4.78, 5) is 41.7. The standard InChI is InChI=1S/C27H32N2O7/c1-6-28(7-2)13-14-29-24(18-9-8-10-20(15-18)36-17(3)30)23(26(32)27(29)33)25(31)21-16-19(34-4)11-12-22(21)35-5/h8-12,15-16,24,31H,6-7,13-14H2,1-5H3/b25-23+. The predicted octanol–water partition coefficient (Wildman–Crippen LogP) is 3.39. The van der Waals surface area contributed by atoms with E-state index in [0.717, 1.165) is 13.1 Å². The second kappa shape index (κ2) is 11.7. The Kier molecular flexibility index (Phi) is 8.71. The molecular weight excluding hydrogens is 464 g/mol. The van der Waals surface area contributed by atoms with Crippen LogP contribution in [0.1, 0.15) is 37.9 Å². The maximum Gasteiger partial charge on any atom is 0.308 e. The fourth-order valence-corrected chi connectivity index (χ4v) is 4.30. The number of esters is 1. The van der Waals surface area contributed by atoms with Crippen LogP contribution in [0.15, 0.2) is 48.0 Å². The number of likely N-dealkylation sites (N-methyl/N-ethyl adjacent to an activating group) is 1. The molecule has 2 aromatic carbocycles. The van der Waals surface area contributed by atoms with Crippen LogP contribution in [-0.4, -0.2) is 73.0 Å². The number of methoxy groups -OCH3 is 2. The molecule has 1 heterocycles. The van der Waals surface area contributed by atoms with Gasteiger partial charge in [-0.25, -0.2) is 0 Å². The van der Waals surface area contributed by atoms with Crippen LogP contribution in [0, 0.1) is 0 Å². The largest absolute Gasteiger partial charge is 0.507 e. The minimum Gasteiger partial charge on any atom is -0.507 e. The molecule has 1 atom stereocenters. The number of Topliss-reactive ketones (excluding diaryl/α,β-unsaturated/α-hetero) is 1. The van der Waals surface area contributed by atoms with Crippen molar-refractivity contribution < 1.29 is 33.7 Å². The highest BCUT2D eigenvalue weighted by molar-refractivity contribution is 6.46. The number of ketones is 1. The number of benzene rings is 2. The minimum absolute atomic E-state index is 0.0777. The van der Waals surface area contributed by atoms with E-state index in [2.05, 4.69) is 4.90 Å². The van der Waals surface area contributed by atoms with Crippen molar-refractivity contribution in [3.05, 3.63) is 59.2 Å². The molecule has 0 bridgehead atoms. The van der Waals surface area contributed by atoms with Crippen LogP contribution in [0.3, 0.4) is 0 Å². The van der Waals surface area contributed by atoms with Gasteiger partial charge in [0.15, 0.2) is 0 Å². The minimum atomic E-state index is -0.896. The number of likely N-dealkylation sites (tertiary alicyclic amines) is 1. The summed E-state index contributed by atoms with van der Waals surface area (Å²) in [7, 11) is 2.93. The first kappa shape index (κ1) is 26.7. The zero-order chi connectivity index (χ0) is 26.4. The molecule has 0 aromatic heterocycles. The summed E-state index contributed by atoms with van der Waals surface area (Å²) >= 11 is 0. The Bertz CT molecular complexity index is 1170. The molecule has 0 radical (unpaired) electrons. The number of carbonyl (C=O) groups excluding carboxylic acids is 3. The summed E-state index contributed by atoms with van der Waals surface area (Å²) in [6.45, 7) is 7.71. The zero-order valence-electron chi connectivity index (χ0n) is 21.2. The summed E-state index contributed by atoms with van der Waals surface area (Å²) in [5.41, 5.74) is 0.668. The molecule has 9 nitrogen and oxygen atoms in total. The van der Waals surface area contributed by atoms with Crippen molar-refractivity contribution >= 4 is 23.4 Å². The first-order valence-electron chi connectivity index (χ1n) is 11.8. The van der Waals surface area contributed by atoms with Gasteiger partial charge in [0.05, 0.1) is 31.4 Å². The van der Waals surface area contributed by atoms with E-state index in [-0.39, 0.29) is 29.2 Å². The van der Waals surface area contributed by atoms with Gasteiger partial charge in [-0.15, -0.1) is 0 Å². The molecule has 1 aliphatic heterocycles. The molecule has 2 aromatic rings. The Balaban J connectivity index is 2.20. The second-order valence-corrected chi connectivity index (χ2v) is 8.25. The van der Waals surface area contributed by atoms with Crippen LogP contribution in [0.2, 0.25) is 0 Å². The van der Waals surface area contributed by atoms with Gasteiger partial charge in [-0.3, -0.25) is 14.4 Å². The van der Waals surface area contributed by atoms with Crippen molar-refractivity contribution in [2.24, 2.45) is 0 Å². The Morgan fingerprint density at radius 3 is 2.36 bits per heavy atom. The van der Waals surface area contributed by atoms with E-state index in [4.69, 9.17) is 14.2 Å². The van der Waals surface area contributed by atoms with Crippen LogP contribution in [0.25, 0.3) is 5.76 Å². The van der Waals surface area contributed by atoms with Gasteiger partial charge < -0.3 is 29.1 Å². The smallest absolute Gasteiger partial charge is 0.308 e. The molecule has 0 aliphatic carbocycles. The third-order valence-electron chi connectivity index (χ3n) is 6.19. The monoisotopic (exact) mass is 496 g/mol. The molecule has 1 unspecified atom stereocenters. The highest BCUT2D eigenvalue weighted by atomic mass is 16.5. The molecule has 192 valence electrons. The van der Waals surface area contributed by atoms with E-state index in [1.807, 2.05) is 13.8 Å². The first-order chi connectivity index (χ1) is 17.2. The van der Waals surface area contributed by atoms with Crippen molar-refractivity contribution in [1.29, 1.82) is 0 Å². The average Bonchev–Trinajstić information content (AvgIpc) is 3.13. The maximum atomic E-state index is 13.3. The van der Waals surface area contributed by atoms with E-state index in [9.17, 15) is 19.5 Å². The third kappa shape index (κ3) is 5.52. The average molecular weight is 497 g/mol. The fourth-order valence-electron chi connectivity index (χ4n) is 4.30. The van der Waals surface area contributed by atoms with Crippen molar-refractivity contribution in [3.63, 3.8) is 0 Å². The van der Waals surface area contributed by atoms with Crippen molar-refractivity contribution in [2.75, 3.05) is 40.4 Å². The molecule has 0 saturated carbocycles. The van der Waals surface area contributed by atoms with Gasteiger partial charge in [-0.2, -0.15) is 0 Å². The Morgan fingerprint density at radius 1 is 1.03 bits per heavy atom. The molecule has 1 N–H and O–H groups in total. The van der Waals surface area contributed by atoms with E-state index >= 15 is 0 Å². The number of amides is 1. The van der Waals surface area contributed by atoms with Gasteiger partial charge in [0.1, 0.15) is 23.0 Å². The van der Waals surface area contributed by atoms with E-state index in [1.165, 1.54) is 26.0 Å². The Morgan fingerprint density at radius 2 is 1.75 bits per heavy atom. The van der Waals surface area contributed by atoms with E-state index < -0.39 is 23.7 Å². The summed E-state index contributed by atoms with van der Waals surface area (Å²) in [5.74, 6) is -1.36. The Hall–Kier alpha value is -3.85. The summed E-state index contributed by atoms with van der Waals surface area (Å²) in [6, 6.07) is 10.5. The predicted molar refractivity (Wildman–Crippen MR) is 134 cm³/mol. The lowest BCUT2D eigenvalue weighted by Gasteiger charge is -2.28. The number of rotatable bonds is 10. The van der Waals surface area contributed by atoms with Crippen LogP contribution >= 0.6 is 0 Å². The quantitative estimate of drug-likeness (QED) is 0.175. The molecule has 0 spiro atoms. The highest BCUT2D eigenvalue weighted by Crippen LogP contribution is 2.42. The molecule has 1 saturated heterocycles. The SMILES string of the molecule is CCN(CC)CCN1C(=O)C(=O)/C(=C(/O)c2cc(OC)ccc2OC)C1c1cccc(OC(C)=O)c1. The summed E-state index contributed by atoms with van der Waals surface area (Å²) in [5, 5.41) is 11.4. The van der Waals surface area contributed by atoms with Crippen molar-refractivity contribution in [1.82, 2.24) is 9.80 Å². The van der Waals surface area contributed by atoms with Gasteiger partial charge in [0.25, 0.3) is 11.7 Å². The van der Waals surface area contributed by atoms with Crippen LogP contribution in [-0.2, 0) is 14.4 Å². The third-order valence-corrected chi connectivity index (χ3v) is 6.19. The van der Waals surface area contributed by atoms with Gasteiger partial charge in [-0.1, -0.05) is 26.0 Å². The fraction of sp³-hybridized carbons (Fsp3) is 0.370. The van der Waals surface area contributed by atoms with Crippen LogP contribution in [0.4, 0.5) is 0 Å². The zero-order valence-corrected chi connectivity index (χ0v) is 21.2. The van der Waals surface area contributed by atoms with Gasteiger partial charge in [-0.05, 0) is 49.0 Å². The maximum absolute atomic E-state index is 13.3. The summed E-state index contributed by atoms with van der Waals surface area (Å²) < 4.78 is 15.9. The highest BCUT2D eigenvalue weighted by Gasteiger charge is 2.46. The molecule has 36 heavy (non-hydrogen) atoms. The molecule has 1 amide bonds. The normalized spacial score (nSPS) is 16.9. The van der Waals surface area contributed by atoms with E-state index in [1.54, 1.807) is 42.5 Å². The number of ether oxygens (including phenoxy) is 3. The Labute approximate surface area is 210 Å². The van der Waals surface area contributed by atoms with E-state index in [0.29, 0.717) is 23.6 Å². The number of aliphatic hydroxyl groups is 1. The van der Waals surface area contributed by atoms with Crippen LogP contribution < -0.4 is 14.2 Å². The topological polar surface area (TPSA) is 106 Å². The van der Waals surface area contributed by atoms with Crippen LogP contribution in [0.5, 0.6) is 17.2 Å². The lowest BCUT2D eigenvalue weighted by atomic mass is 9.94. The van der Waals surface area contributed by atoms with Crippen molar-refractivity contribution in [2.45, 2.75) is 26.8 Å². The number of carbonyl (C=O) groups is 3. The number of hydrogen-bond acceptors (Lipinski definition) is 8.